The standard InChI is InChI=1S/C14H14OS/c1-3-14(15)12-5-4-11-9-13(16-2)7-6-10(11)8-12/h4-9H,3H2,1-2H3. The minimum atomic E-state index is 0.204. The molecular weight excluding hydrogens is 216 g/mol. The van der Waals surface area contributed by atoms with E-state index in [4.69, 9.17) is 0 Å². The van der Waals surface area contributed by atoms with E-state index in [9.17, 15) is 4.79 Å². The topological polar surface area (TPSA) is 17.1 Å². The number of benzene rings is 2. The van der Waals surface area contributed by atoms with E-state index in [-0.39, 0.29) is 5.78 Å². The van der Waals surface area contributed by atoms with Crippen LogP contribution in [0.2, 0.25) is 0 Å². The van der Waals surface area contributed by atoms with Gasteiger partial charge < -0.3 is 0 Å². The van der Waals surface area contributed by atoms with Crippen LogP contribution in [0.1, 0.15) is 23.7 Å². The summed E-state index contributed by atoms with van der Waals surface area (Å²) >= 11 is 1.73. The molecule has 0 unspecified atom stereocenters. The maximum atomic E-state index is 11.6. The van der Waals surface area contributed by atoms with Gasteiger partial charge in [0.1, 0.15) is 0 Å². The number of hydrogen-bond acceptors (Lipinski definition) is 2. The highest BCUT2D eigenvalue weighted by Gasteiger charge is 2.04. The molecular formula is C14H14OS. The predicted octanol–water partition coefficient (Wildman–Crippen LogP) is 4.15. The Bertz CT molecular complexity index is 531. The molecule has 0 aliphatic heterocycles. The molecule has 0 saturated carbocycles. The molecule has 0 aromatic heterocycles. The fraction of sp³-hybridized carbons (Fsp3) is 0.214. The van der Waals surface area contributed by atoms with Gasteiger partial charge in [-0.2, -0.15) is 0 Å². The molecule has 2 aromatic carbocycles. The second-order valence-electron chi connectivity index (χ2n) is 3.70. The maximum Gasteiger partial charge on any atom is 0.162 e. The second-order valence-corrected chi connectivity index (χ2v) is 4.58. The van der Waals surface area contributed by atoms with Crippen LogP contribution in [-0.2, 0) is 0 Å². The van der Waals surface area contributed by atoms with Crippen molar-refractivity contribution >= 4 is 28.3 Å². The Balaban J connectivity index is 2.51. The third-order valence-electron chi connectivity index (χ3n) is 2.69. The zero-order valence-electron chi connectivity index (χ0n) is 9.49. The molecule has 2 heteroatoms. The molecule has 0 aliphatic carbocycles. The summed E-state index contributed by atoms with van der Waals surface area (Å²) < 4.78 is 0. The van der Waals surface area contributed by atoms with E-state index in [0.717, 1.165) is 10.9 Å². The normalized spacial score (nSPS) is 10.6. The van der Waals surface area contributed by atoms with E-state index >= 15 is 0 Å². The highest BCUT2D eigenvalue weighted by Crippen LogP contribution is 2.23. The predicted molar refractivity (Wildman–Crippen MR) is 70.4 cm³/mol. The number of carbonyl (C=O) groups excluding carboxylic acids is 1. The first-order valence-electron chi connectivity index (χ1n) is 5.35. The van der Waals surface area contributed by atoms with E-state index in [1.165, 1.54) is 10.3 Å². The van der Waals surface area contributed by atoms with Gasteiger partial charge >= 0.3 is 0 Å². The highest BCUT2D eigenvalue weighted by molar-refractivity contribution is 7.98. The van der Waals surface area contributed by atoms with Crippen molar-refractivity contribution in [2.45, 2.75) is 18.2 Å². The molecule has 0 N–H and O–H groups in total. The zero-order valence-corrected chi connectivity index (χ0v) is 10.3. The molecule has 1 nitrogen and oxygen atoms in total. The van der Waals surface area contributed by atoms with E-state index in [2.05, 4.69) is 24.5 Å². The van der Waals surface area contributed by atoms with Crippen LogP contribution in [-0.4, -0.2) is 12.0 Å². The van der Waals surface area contributed by atoms with Crippen LogP contribution in [0.5, 0.6) is 0 Å². The summed E-state index contributed by atoms with van der Waals surface area (Å²) in [6, 6.07) is 12.2. The Kier molecular flexibility index (Phi) is 3.30. The van der Waals surface area contributed by atoms with Crippen molar-refractivity contribution in [2.24, 2.45) is 0 Å². The Morgan fingerprint density at radius 3 is 2.50 bits per heavy atom. The SMILES string of the molecule is CCC(=O)c1ccc2cc(SC)ccc2c1. The van der Waals surface area contributed by atoms with Gasteiger partial charge in [0.2, 0.25) is 0 Å². The molecule has 16 heavy (non-hydrogen) atoms. The van der Waals surface area contributed by atoms with Crippen LogP contribution in [0.4, 0.5) is 0 Å². The highest BCUT2D eigenvalue weighted by atomic mass is 32.2. The van der Waals surface area contributed by atoms with Crippen LogP contribution in [0.3, 0.4) is 0 Å². The van der Waals surface area contributed by atoms with E-state index in [1.54, 1.807) is 11.8 Å². The number of carbonyl (C=O) groups is 1. The molecule has 2 aromatic rings. The van der Waals surface area contributed by atoms with Crippen LogP contribution >= 0.6 is 11.8 Å². The number of thioether (sulfide) groups is 1. The summed E-state index contributed by atoms with van der Waals surface area (Å²) in [4.78, 5) is 12.8. The van der Waals surface area contributed by atoms with Crippen LogP contribution in [0, 0.1) is 0 Å². The van der Waals surface area contributed by atoms with Crippen molar-refractivity contribution in [1.82, 2.24) is 0 Å². The average molecular weight is 230 g/mol. The first-order valence-corrected chi connectivity index (χ1v) is 6.58. The summed E-state index contributed by atoms with van der Waals surface area (Å²) in [7, 11) is 0. The number of Topliss-reactive ketones (excluding diaryl/α,β-unsaturated/α-hetero) is 1. The van der Waals surface area contributed by atoms with Gasteiger partial charge in [0.15, 0.2) is 5.78 Å². The van der Waals surface area contributed by atoms with Gasteiger partial charge in [0.25, 0.3) is 0 Å². The van der Waals surface area contributed by atoms with Crippen LogP contribution in [0.15, 0.2) is 41.3 Å². The lowest BCUT2D eigenvalue weighted by Gasteiger charge is -2.03. The van der Waals surface area contributed by atoms with Crippen molar-refractivity contribution in [3.63, 3.8) is 0 Å². The Labute approximate surface area is 99.9 Å². The van der Waals surface area contributed by atoms with Gasteiger partial charge in [0, 0.05) is 16.9 Å². The van der Waals surface area contributed by atoms with Crippen LogP contribution < -0.4 is 0 Å². The number of rotatable bonds is 3. The van der Waals surface area contributed by atoms with Gasteiger partial charge in [-0.05, 0) is 35.2 Å². The van der Waals surface area contributed by atoms with Gasteiger partial charge in [-0.15, -0.1) is 11.8 Å². The Morgan fingerprint density at radius 2 is 1.81 bits per heavy atom. The Hall–Kier alpha value is -1.28. The molecule has 0 atom stereocenters. The van der Waals surface area contributed by atoms with E-state index < -0.39 is 0 Å². The lowest BCUT2D eigenvalue weighted by Crippen LogP contribution is -1.95. The summed E-state index contributed by atoms with van der Waals surface area (Å²) in [5, 5.41) is 2.33. The van der Waals surface area contributed by atoms with Gasteiger partial charge in [-0.1, -0.05) is 25.1 Å². The first kappa shape index (κ1) is 11.2. The lowest BCUT2D eigenvalue weighted by molar-refractivity contribution is 0.0988. The minimum Gasteiger partial charge on any atom is -0.294 e. The van der Waals surface area contributed by atoms with Gasteiger partial charge in [0.05, 0.1) is 0 Å². The summed E-state index contributed by atoms with van der Waals surface area (Å²) in [5.74, 6) is 0.204. The molecule has 0 bridgehead atoms. The molecule has 82 valence electrons. The smallest absolute Gasteiger partial charge is 0.162 e. The van der Waals surface area contributed by atoms with Gasteiger partial charge in [-0.3, -0.25) is 4.79 Å². The second kappa shape index (κ2) is 4.71. The molecule has 0 heterocycles. The summed E-state index contributed by atoms with van der Waals surface area (Å²) in [5.41, 5.74) is 0.812. The van der Waals surface area contributed by atoms with Crippen molar-refractivity contribution in [1.29, 1.82) is 0 Å². The van der Waals surface area contributed by atoms with Crippen molar-refractivity contribution < 1.29 is 4.79 Å². The van der Waals surface area contributed by atoms with Crippen LogP contribution in [0.25, 0.3) is 10.8 Å². The van der Waals surface area contributed by atoms with Gasteiger partial charge in [-0.25, -0.2) is 0 Å². The minimum absolute atomic E-state index is 0.204. The largest absolute Gasteiger partial charge is 0.294 e. The van der Waals surface area contributed by atoms with Crippen molar-refractivity contribution in [3.05, 3.63) is 42.0 Å². The summed E-state index contributed by atoms with van der Waals surface area (Å²) in [6.45, 7) is 1.89. The fourth-order valence-corrected chi connectivity index (χ4v) is 2.18. The lowest BCUT2D eigenvalue weighted by atomic mass is 10.0. The molecule has 0 amide bonds. The van der Waals surface area contributed by atoms with Crippen molar-refractivity contribution in [2.75, 3.05) is 6.26 Å². The van der Waals surface area contributed by atoms with Crippen molar-refractivity contribution in [3.8, 4) is 0 Å². The summed E-state index contributed by atoms with van der Waals surface area (Å²) in [6.07, 6.45) is 2.63. The quantitative estimate of drug-likeness (QED) is 0.582. The molecule has 2 rings (SSSR count). The van der Waals surface area contributed by atoms with E-state index in [1.807, 2.05) is 25.1 Å². The average Bonchev–Trinajstić information content (AvgIpc) is 2.36. The fourth-order valence-electron chi connectivity index (χ4n) is 1.73. The number of fused-ring (bicyclic) bond motifs is 1. The maximum absolute atomic E-state index is 11.6. The molecule has 0 fully saturated rings. The monoisotopic (exact) mass is 230 g/mol. The third kappa shape index (κ3) is 2.12. The molecule has 0 spiro atoms. The number of ketones is 1. The zero-order chi connectivity index (χ0) is 11.5. The molecule has 0 saturated heterocycles. The molecule has 0 radical (unpaired) electrons. The number of hydrogen-bond donors (Lipinski definition) is 0. The third-order valence-corrected chi connectivity index (χ3v) is 3.42. The first-order chi connectivity index (χ1) is 7.74. The van der Waals surface area contributed by atoms with E-state index in [0.29, 0.717) is 6.42 Å². The Morgan fingerprint density at radius 1 is 1.12 bits per heavy atom. The molecule has 0 aliphatic rings.